The number of alkyl halides is 1. The van der Waals surface area contributed by atoms with Crippen LogP contribution in [0.15, 0.2) is 48.8 Å². The summed E-state index contributed by atoms with van der Waals surface area (Å²) in [6.45, 7) is 2.27. The molecule has 0 atom stereocenters. The van der Waals surface area contributed by atoms with Crippen LogP contribution in [0, 0.1) is 5.82 Å². The number of benzene rings is 2. The third kappa shape index (κ3) is 6.51. The molecule has 0 radical (unpaired) electrons. The van der Waals surface area contributed by atoms with Crippen LogP contribution in [0.5, 0.6) is 5.75 Å². The standard InChI is InChI=1S/C26H28F2N6O4/c1-2-29-25(35)17-3-6-23(24(13-17)38-12-11-37-10-8-27)34-16-22(32-33-34)26(36)30-9-7-18-15-31-21-14-19(28)4-5-20(18)21/h3-6,13-16,31H,2,7-12H2,1H3,(H,29,35)(H,30,36). The lowest BCUT2D eigenvalue weighted by atomic mass is 10.1. The highest BCUT2D eigenvalue weighted by Crippen LogP contribution is 2.25. The second kappa shape index (κ2) is 12.8. The predicted molar refractivity (Wildman–Crippen MR) is 136 cm³/mol. The molecule has 4 aromatic rings. The van der Waals surface area contributed by atoms with E-state index in [-0.39, 0.29) is 37.2 Å². The van der Waals surface area contributed by atoms with Crippen LogP contribution in [0.25, 0.3) is 16.6 Å². The molecule has 2 aromatic heterocycles. The van der Waals surface area contributed by atoms with Crippen molar-refractivity contribution in [1.29, 1.82) is 0 Å². The zero-order chi connectivity index (χ0) is 26.9. The molecule has 3 N–H and O–H groups in total. The summed E-state index contributed by atoms with van der Waals surface area (Å²) in [6, 6.07) is 9.33. The monoisotopic (exact) mass is 526 g/mol. The summed E-state index contributed by atoms with van der Waals surface area (Å²) in [7, 11) is 0. The van der Waals surface area contributed by atoms with Crippen LogP contribution < -0.4 is 15.4 Å². The van der Waals surface area contributed by atoms with Crippen molar-refractivity contribution in [2.75, 3.05) is 39.6 Å². The Morgan fingerprint density at radius 2 is 1.95 bits per heavy atom. The van der Waals surface area contributed by atoms with Crippen LogP contribution in [0.4, 0.5) is 8.78 Å². The quantitative estimate of drug-likeness (QED) is 0.230. The fourth-order valence-electron chi connectivity index (χ4n) is 3.84. The van der Waals surface area contributed by atoms with Crippen LogP contribution in [-0.4, -0.2) is 71.4 Å². The van der Waals surface area contributed by atoms with E-state index in [9.17, 15) is 18.4 Å². The van der Waals surface area contributed by atoms with Crippen LogP contribution in [0.2, 0.25) is 0 Å². The van der Waals surface area contributed by atoms with Crippen LogP contribution in [-0.2, 0) is 11.2 Å². The average Bonchev–Trinajstić information content (AvgIpc) is 3.56. The number of fused-ring (bicyclic) bond motifs is 1. The van der Waals surface area contributed by atoms with Gasteiger partial charge in [0.1, 0.15) is 30.5 Å². The lowest BCUT2D eigenvalue weighted by Crippen LogP contribution is -2.26. The first-order valence-electron chi connectivity index (χ1n) is 12.1. The number of hydrogen-bond acceptors (Lipinski definition) is 6. The topological polar surface area (TPSA) is 123 Å². The Balaban J connectivity index is 1.43. The number of aromatic amines is 1. The number of amides is 2. The zero-order valence-electron chi connectivity index (χ0n) is 20.8. The summed E-state index contributed by atoms with van der Waals surface area (Å²) < 4.78 is 37.9. The van der Waals surface area contributed by atoms with E-state index in [1.807, 2.05) is 6.92 Å². The van der Waals surface area contributed by atoms with Crippen molar-refractivity contribution in [3.05, 3.63) is 71.4 Å². The Kier molecular flexibility index (Phi) is 8.98. The van der Waals surface area contributed by atoms with Gasteiger partial charge >= 0.3 is 0 Å². The molecule has 38 heavy (non-hydrogen) atoms. The summed E-state index contributed by atoms with van der Waals surface area (Å²) in [5, 5.41) is 14.4. The van der Waals surface area contributed by atoms with E-state index in [2.05, 4.69) is 25.9 Å². The minimum absolute atomic E-state index is 0.0322. The molecule has 10 nitrogen and oxygen atoms in total. The summed E-state index contributed by atoms with van der Waals surface area (Å²) in [4.78, 5) is 28.0. The number of ether oxygens (including phenoxy) is 2. The molecule has 0 fully saturated rings. The molecule has 2 aromatic carbocycles. The van der Waals surface area contributed by atoms with E-state index < -0.39 is 12.6 Å². The smallest absolute Gasteiger partial charge is 0.273 e. The molecule has 0 aliphatic carbocycles. The minimum Gasteiger partial charge on any atom is -0.489 e. The summed E-state index contributed by atoms with van der Waals surface area (Å²) in [5.74, 6) is -0.676. The molecular formula is C26H28F2N6O4. The van der Waals surface area contributed by atoms with Gasteiger partial charge in [-0.05, 0) is 55.3 Å². The molecule has 0 saturated heterocycles. The fraction of sp³-hybridized carbons (Fsp3) is 0.308. The SMILES string of the molecule is CCNC(=O)c1ccc(-n2cc(C(=O)NCCc3c[nH]c4cc(F)ccc34)nn2)c(OCCOCCF)c1. The second-order valence-corrected chi connectivity index (χ2v) is 8.25. The maximum Gasteiger partial charge on any atom is 0.273 e. The number of halogens is 2. The molecule has 0 unspecified atom stereocenters. The van der Waals surface area contributed by atoms with Gasteiger partial charge in [0.05, 0.1) is 19.4 Å². The molecular weight excluding hydrogens is 498 g/mol. The van der Waals surface area contributed by atoms with Gasteiger partial charge in [-0.1, -0.05) is 5.21 Å². The second-order valence-electron chi connectivity index (χ2n) is 8.25. The Labute approximate surface area is 217 Å². The number of H-pyrrole nitrogens is 1. The van der Waals surface area contributed by atoms with Crippen molar-refractivity contribution in [1.82, 2.24) is 30.6 Å². The van der Waals surface area contributed by atoms with Crippen LogP contribution in [0.3, 0.4) is 0 Å². The summed E-state index contributed by atoms with van der Waals surface area (Å²) in [5.41, 5.74) is 2.58. The molecule has 2 heterocycles. The Morgan fingerprint density at radius 3 is 2.76 bits per heavy atom. The number of carbonyl (C=O) groups excluding carboxylic acids is 2. The van der Waals surface area contributed by atoms with E-state index in [0.717, 1.165) is 10.9 Å². The number of nitrogens with one attached hydrogen (secondary N) is 3. The number of rotatable bonds is 13. The van der Waals surface area contributed by atoms with E-state index in [0.29, 0.717) is 42.0 Å². The van der Waals surface area contributed by atoms with Gasteiger partial charge in [0.15, 0.2) is 5.69 Å². The molecule has 0 bridgehead atoms. The van der Waals surface area contributed by atoms with Gasteiger partial charge in [0, 0.05) is 35.8 Å². The van der Waals surface area contributed by atoms with Gasteiger partial charge in [-0.2, -0.15) is 0 Å². The van der Waals surface area contributed by atoms with Crippen molar-refractivity contribution in [2.24, 2.45) is 0 Å². The largest absolute Gasteiger partial charge is 0.489 e. The molecule has 200 valence electrons. The van der Waals surface area contributed by atoms with Crippen molar-refractivity contribution in [2.45, 2.75) is 13.3 Å². The Bertz CT molecular complexity index is 1400. The van der Waals surface area contributed by atoms with Gasteiger partial charge in [-0.25, -0.2) is 13.5 Å². The van der Waals surface area contributed by atoms with E-state index in [1.165, 1.54) is 23.0 Å². The Morgan fingerprint density at radius 1 is 1.08 bits per heavy atom. The number of hydrogen-bond donors (Lipinski definition) is 3. The minimum atomic E-state index is -0.594. The van der Waals surface area contributed by atoms with Crippen LogP contribution >= 0.6 is 0 Å². The first kappa shape index (κ1) is 26.7. The van der Waals surface area contributed by atoms with Gasteiger partial charge in [-0.3, -0.25) is 9.59 Å². The van der Waals surface area contributed by atoms with Gasteiger partial charge in [-0.15, -0.1) is 5.10 Å². The van der Waals surface area contributed by atoms with Crippen molar-refractivity contribution < 1.29 is 27.8 Å². The zero-order valence-corrected chi connectivity index (χ0v) is 20.8. The van der Waals surface area contributed by atoms with Gasteiger partial charge in [0.25, 0.3) is 11.8 Å². The van der Waals surface area contributed by atoms with E-state index >= 15 is 0 Å². The molecule has 0 saturated carbocycles. The maximum atomic E-state index is 13.4. The molecule has 12 heteroatoms. The number of carbonyl (C=O) groups is 2. The first-order chi connectivity index (χ1) is 18.5. The number of aromatic nitrogens is 4. The third-order valence-electron chi connectivity index (χ3n) is 5.65. The van der Waals surface area contributed by atoms with E-state index in [4.69, 9.17) is 9.47 Å². The van der Waals surface area contributed by atoms with Gasteiger partial charge < -0.3 is 25.1 Å². The molecule has 0 aliphatic heterocycles. The lowest BCUT2D eigenvalue weighted by molar-refractivity contribution is 0.0894. The molecule has 2 amide bonds. The summed E-state index contributed by atoms with van der Waals surface area (Å²) >= 11 is 0. The van der Waals surface area contributed by atoms with Crippen LogP contribution in [0.1, 0.15) is 33.3 Å². The highest BCUT2D eigenvalue weighted by molar-refractivity contribution is 5.95. The highest BCUT2D eigenvalue weighted by atomic mass is 19.1. The fourth-order valence-corrected chi connectivity index (χ4v) is 3.84. The maximum absolute atomic E-state index is 13.4. The lowest BCUT2D eigenvalue weighted by Gasteiger charge is -2.13. The molecule has 0 aliphatic rings. The predicted octanol–water partition coefficient (Wildman–Crippen LogP) is 2.97. The average molecular weight is 527 g/mol. The third-order valence-corrected chi connectivity index (χ3v) is 5.65. The highest BCUT2D eigenvalue weighted by Gasteiger charge is 2.16. The van der Waals surface area contributed by atoms with E-state index in [1.54, 1.807) is 30.5 Å². The van der Waals surface area contributed by atoms with Crippen molar-refractivity contribution >= 4 is 22.7 Å². The molecule has 4 rings (SSSR count). The summed E-state index contributed by atoms with van der Waals surface area (Å²) in [6.07, 6.45) is 3.79. The first-order valence-corrected chi connectivity index (χ1v) is 12.1. The van der Waals surface area contributed by atoms with Gasteiger partial charge in [0.2, 0.25) is 0 Å². The molecule has 0 spiro atoms. The Hall–Kier alpha value is -4.32. The number of nitrogens with zero attached hydrogens (tertiary/aromatic N) is 3. The normalized spacial score (nSPS) is 11.0. The van der Waals surface area contributed by atoms with Crippen molar-refractivity contribution in [3.8, 4) is 11.4 Å². The van der Waals surface area contributed by atoms with Crippen molar-refractivity contribution in [3.63, 3.8) is 0 Å².